The molecule has 0 radical (unpaired) electrons. The van der Waals surface area contributed by atoms with E-state index in [1.54, 1.807) is 23.5 Å². The molecule has 4 N–H and O–H groups in total. The van der Waals surface area contributed by atoms with E-state index in [0.717, 1.165) is 48.5 Å². The molecule has 2 aromatic carbocycles. The summed E-state index contributed by atoms with van der Waals surface area (Å²) in [6, 6.07) is 17.2. The number of nitrogen functional groups attached to an aromatic ring is 1. The number of carbonyl (C=O) groups excluding carboxylic acids is 2. The van der Waals surface area contributed by atoms with Crippen molar-refractivity contribution in [2.24, 2.45) is 0 Å². The van der Waals surface area contributed by atoms with Gasteiger partial charge in [-0.2, -0.15) is 0 Å². The van der Waals surface area contributed by atoms with Gasteiger partial charge in [0.2, 0.25) is 0 Å². The summed E-state index contributed by atoms with van der Waals surface area (Å²) < 4.78 is 5.38. The zero-order valence-electron chi connectivity index (χ0n) is 21.9. The number of morpholine rings is 1. The van der Waals surface area contributed by atoms with Crippen LogP contribution in [-0.2, 0) is 4.74 Å². The molecule has 2 heterocycles. The van der Waals surface area contributed by atoms with Crippen molar-refractivity contribution in [2.75, 3.05) is 62.3 Å². The Balaban J connectivity index is 1.27. The number of rotatable bonds is 11. The van der Waals surface area contributed by atoms with Gasteiger partial charge in [-0.25, -0.2) is 4.79 Å². The summed E-state index contributed by atoms with van der Waals surface area (Å²) in [5.41, 5.74) is 9.74. The van der Waals surface area contributed by atoms with Crippen LogP contribution in [0.15, 0.2) is 60.0 Å². The first-order chi connectivity index (χ1) is 18.5. The minimum absolute atomic E-state index is 0.110. The summed E-state index contributed by atoms with van der Waals surface area (Å²) >= 11 is 1.64. The molecule has 38 heavy (non-hydrogen) atoms. The summed E-state index contributed by atoms with van der Waals surface area (Å²) in [5, 5.41) is 8.36. The van der Waals surface area contributed by atoms with Crippen molar-refractivity contribution in [3.8, 4) is 10.4 Å². The van der Waals surface area contributed by atoms with Crippen molar-refractivity contribution < 1.29 is 14.3 Å². The number of benzene rings is 2. The Kier molecular flexibility index (Phi) is 10.0. The molecule has 0 unspecified atom stereocenters. The van der Waals surface area contributed by atoms with Crippen molar-refractivity contribution >= 4 is 40.3 Å². The molecule has 1 aliphatic rings. The van der Waals surface area contributed by atoms with Gasteiger partial charge in [0.1, 0.15) is 0 Å². The van der Waals surface area contributed by atoms with E-state index in [1.807, 2.05) is 57.6 Å². The molecular formula is C29H37N5O3S. The number of thiophene rings is 1. The number of carbonyl (C=O) groups is 2. The van der Waals surface area contributed by atoms with Crippen molar-refractivity contribution in [1.82, 2.24) is 9.80 Å². The maximum Gasteiger partial charge on any atom is 0.320 e. The molecule has 1 aromatic heterocycles. The van der Waals surface area contributed by atoms with E-state index in [4.69, 9.17) is 10.5 Å². The van der Waals surface area contributed by atoms with Crippen LogP contribution in [0.2, 0.25) is 0 Å². The molecule has 8 nitrogen and oxygen atoms in total. The van der Waals surface area contributed by atoms with Crippen molar-refractivity contribution in [1.29, 1.82) is 0 Å². The van der Waals surface area contributed by atoms with Crippen LogP contribution >= 0.6 is 11.3 Å². The first-order valence-electron chi connectivity index (χ1n) is 13.3. The molecule has 0 aliphatic carbocycles. The predicted octanol–water partition coefficient (Wildman–Crippen LogP) is 5.61. The Labute approximate surface area is 228 Å². The largest absolute Gasteiger partial charge is 0.397 e. The monoisotopic (exact) mass is 535 g/mol. The van der Waals surface area contributed by atoms with E-state index in [2.05, 4.69) is 17.6 Å². The summed E-state index contributed by atoms with van der Waals surface area (Å²) in [6.45, 7) is 6.89. The fourth-order valence-corrected chi connectivity index (χ4v) is 5.03. The van der Waals surface area contributed by atoms with Crippen molar-refractivity contribution in [3.05, 3.63) is 65.5 Å². The number of amides is 3. The zero-order chi connectivity index (χ0) is 26.7. The van der Waals surface area contributed by atoms with Crippen LogP contribution in [0.4, 0.5) is 21.9 Å². The molecule has 9 heteroatoms. The summed E-state index contributed by atoms with van der Waals surface area (Å²) in [6.07, 6.45) is 2.89. The Morgan fingerprint density at radius 3 is 2.53 bits per heavy atom. The van der Waals surface area contributed by atoms with Crippen LogP contribution in [0.1, 0.15) is 36.5 Å². The number of anilines is 3. The molecule has 0 spiro atoms. The lowest BCUT2D eigenvalue weighted by molar-refractivity contribution is 0.0431. The van der Waals surface area contributed by atoms with Crippen LogP contribution in [0.3, 0.4) is 0 Å². The molecule has 202 valence electrons. The SMILES string of the molecule is CCCCN(CCCNc1ccc(C(=O)Nc2cc(-c3cccs3)ccc2N)cc1)C(=O)N1CCOCC1. The van der Waals surface area contributed by atoms with Crippen LogP contribution in [-0.4, -0.2) is 67.7 Å². The second kappa shape index (κ2) is 13.8. The number of nitrogens with one attached hydrogen (secondary N) is 2. The van der Waals surface area contributed by atoms with E-state index in [-0.39, 0.29) is 11.9 Å². The number of nitrogens with zero attached hydrogens (tertiary/aromatic N) is 2. The van der Waals surface area contributed by atoms with Crippen molar-refractivity contribution in [3.63, 3.8) is 0 Å². The smallest absolute Gasteiger partial charge is 0.320 e. The second-order valence-electron chi connectivity index (χ2n) is 9.31. The van der Waals surface area contributed by atoms with E-state index >= 15 is 0 Å². The quantitative estimate of drug-likeness (QED) is 0.219. The van der Waals surface area contributed by atoms with E-state index in [1.165, 1.54) is 0 Å². The maximum atomic E-state index is 12.9. The van der Waals surface area contributed by atoms with Crippen LogP contribution in [0, 0.1) is 0 Å². The molecule has 1 saturated heterocycles. The summed E-state index contributed by atoms with van der Waals surface area (Å²) in [7, 11) is 0. The van der Waals surface area contributed by atoms with Gasteiger partial charge in [-0.1, -0.05) is 25.5 Å². The third-order valence-electron chi connectivity index (χ3n) is 6.52. The van der Waals surface area contributed by atoms with Crippen molar-refractivity contribution in [2.45, 2.75) is 26.2 Å². The molecule has 0 saturated carbocycles. The van der Waals surface area contributed by atoms with Crippen LogP contribution < -0.4 is 16.4 Å². The average Bonchev–Trinajstić information content (AvgIpc) is 3.49. The zero-order valence-corrected chi connectivity index (χ0v) is 22.8. The Bertz CT molecular complexity index is 1180. The summed E-state index contributed by atoms with van der Waals surface area (Å²) in [5.74, 6) is -0.209. The Morgan fingerprint density at radius 1 is 1.05 bits per heavy atom. The number of hydrogen-bond donors (Lipinski definition) is 3. The lowest BCUT2D eigenvalue weighted by Gasteiger charge is -2.33. The van der Waals surface area contributed by atoms with Gasteiger partial charge in [-0.05, 0) is 66.2 Å². The first kappa shape index (κ1) is 27.5. The molecule has 0 bridgehead atoms. The van der Waals surface area contributed by atoms with Crippen LogP contribution in [0.5, 0.6) is 0 Å². The highest BCUT2D eigenvalue weighted by atomic mass is 32.1. The lowest BCUT2D eigenvalue weighted by atomic mass is 10.1. The van der Waals surface area contributed by atoms with Gasteiger partial charge in [0.05, 0.1) is 24.6 Å². The molecule has 1 fully saturated rings. The van der Waals surface area contributed by atoms with E-state index in [9.17, 15) is 9.59 Å². The van der Waals surface area contributed by atoms with E-state index < -0.39 is 0 Å². The second-order valence-corrected chi connectivity index (χ2v) is 10.3. The predicted molar refractivity (Wildman–Crippen MR) is 156 cm³/mol. The minimum Gasteiger partial charge on any atom is -0.397 e. The topological polar surface area (TPSA) is 99.9 Å². The van der Waals surface area contributed by atoms with Gasteiger partial charge >= 0.3 is 6.03 Å². The van der Waals surface area contributed by atoms with Gasteiger partial charge in [-0.15, -0.1) is 11.3 Å². The fraction of sp³-hybridized carbons (Fsp3) is 0.379. The van der Waals surface area contributed by atoms with Gasteiger partial charge in [0.25, 0.3) is 5.91 Å². The number of unbranched alkanes of at least 4 members (excludes halogenated alkanes) is 1. The number of nitrogens with two attached hydrogens (primary N) is 1. The minimum atomic E-state index is -0.209. The van der Waals surface area contributed by atoms with Gasteiger partial charge in [-0.3, -0.25) is 4.79 Å². The maximum absolute atomic E-state index is 12.9. The Hall–Kier alpha value is -3.56. The normalized spacial score (nSPS) is 13.2. The first-order valence-corrected chi connectivity index (χ1v) is 14.1. The van der Waals surface area contributed by atoms with E-state index in [0.29, 0.717) is 49.8 Å². The molecule has 1 aliphatic heterocycles. The number of urea groups is 1. The average molecular weight is 536 g/mol. The fourth-order valence-electron chi connectivity index (χ4n) is 4.30. The highest BCUT2D eigenvalue weighted by Gasteiger charge is 2.22. The van der Waals surface area contributed by atoms with Gasteiger partial charge in [0.15, 0.2) is 0 Å². The number of ether oxygens (including phenoxy) is 1. The highest BCUT2D eigenvalue weighted by molar-refractivity contribution is 7.13. The molecule has 4 rings (SSSR count). The molecule has 3 aromatic rings. The lowest BCUT2D eigenvalue weighted by Crippen LogP contribution is -2.48. The number of hydrogen-bond acceptors (Lipinski definition) is 6. The highest BCUT2D eigenvalue weighted by Crippen LogP contribution is 2.30. The summed E-state index contributed by atoms with van der Waals surface area (Å²) in [4.78, 5) is 30.8. The van der Waals surface area contributed by atoms with Gasteiger partial charge < -0.3 is 30.9 Å². The third-order valence-corrected chi connectivity index (χ3v) is 7.44. The molecular weight excluding hydrogens is 498 g/mol. The standard InChI is InChI=1S/C29H37N5O3S/c1-2-3-14-33(29(36)34-16-18-37-19-17-34)15-5-13-31-24-10-7-22(8-11-24)28(35)32-26-21-23(9-12-25(26)30)27-6-4-20-38-27/h4,6-12,20-21,31H,2-3,5,13-19,30H2,1H3,(H,32,35). The third kappa shape index (κ3) is 7.49. The molecule has 3 amide bonds. The Morgan fingerprint density at radius 2 is 1.82 bits per heavy atom. The molecule has 0 atom stereocenters. The van der Waals surface area contributed by atoms with Gasteiger partial charge in [0, 0.05) is 48.9 Å². The van der Waals surface area contributed by atoms with Crippen LogP contribution in [0.25, 0.3) is 10.4 Å².